The minimum Gasteiger partial charge on any atom is -0.308 e. The van der Waals surface area contributed by atoms with Gasteiger partial charge in [-0.25, -0.2) is 8.78 Å². The topological polar surface area (TPSA) is 33.6 Å². The summed E-state index contributed by atoms with van der Waals surface area (Å²) in [5.41, 5.74) is 10.0. The lowest BCUT2D eigenvalue weighted by Crippen LogP contribution is -2.05. The van der Waals surface area contributed by atoms with E-state index in [4.69, 9.17) is 0 Å². The largest absolute Gasteiger partial charge is 0.308 e. The Labute approximate surface area is 309 Å². The second-order valence-electron chi connectivity index (χ2n) is 13.5. The van der Waals surface area contributed by atoms with Crippen molar-refractivity contribution in [3.05, 3.63) is 193 Å². The van der Waals surface area contributed by atoms with E-state index >= 15 is 4.39 Å². The Bertz CT molecular complexity index is 2950. The van der Waals surface area contributed by atoms with Gasteiger partial charge in [-0.3, -0.25) is 0 Å². The number of nitrogens with zero attached hydrogens (tertiary/aromatic N) is 3. The maximum absolute atomic E-state index is 15.8. The number of hydrogen-bond donors (Lipinski definition) is 0. The van der Waals surface area contributed by atoms with E-state index in [-0.39, 0.29) is 5.56 Å². The van der Waals surface area contributed by atoms with E-state index in [9.17, 15) is 9.65 Å². The van der Waals surface area contributed by atoms with Crippen LogP contribution in [-0.4, -0.2) is 9.13 Å². The molecule has 0 aliphatic carbocycles. The van der Waals surface area contributed by atoms with Gasteiger partial charge in [0.1, 0.15) is 11.6 Å². The molecule has 0 atom stereocenters. The van der Waals surface area contributed by atoms with Crippen molar-refractivity contribution in [1.82, 2.24) is 9.13 Å². The number of halogens is 2. The van der Waals surface area contributed by atoms with Crippen molar-refractivity contribution in [1.29, 1.82) is 5.26 Å². The van der Waals surface area contributed by atoms with Gasteiger partial charge in [0.15, 0.2) is 11.6 Å². The van der Waals surface area contributed by atoms with E-state index in [1.54, 1.807) is 6.07 Å². The molecule has 10 aromatic rings. The standard InChI is InChI=1S/C49H29F2N3/c50-42-19-11-18-36(49(42)51)35-28-47(53-43-20-9-7-16-37(43)39-26-33(22-24-45(39)53)31-12-3-1-4-13-31)41(30-52)48(29-35)54-44-21-10-8-17-38(44)40-27-34(23-25-46(40)54)32-14-5-2-6-15-32/h1-29H. The third-order valence-corrected chi connectivity index (χ3v) is 10.5. The molecule has 0 fully saturated rings. The van der Waals surface area contributed by atoms with Crippen LogP contribution in [0.15, 0.2) is 176 Å². The zero-order valence-electron chi connectivity index (χ0n) is 28.8. The highest BCUT2D eigenvalue weighted by atomic mass is 19.2. The summed E-state index contributed by atoms with van der Waals surface area (Å²) in [6.45, 7) is 0. The van der Waals surface area contributed by atoms with Crippen LogP contribution >= 0.6 is 0 Å². The minimum absolute atomic E-state index is 0.112. The van der Waals surface area contributed by atoms with Crippen molar-refractivity contribution in [2.24, 2.45) is 0 Å². The van der Waals surface area contributed by atoms with Crippen molar-refractivity contribution in [2.75, 3.05) is 0 Å². The number of para-hydroxylation sites is 2. The molecule has 2 heterocycles. The molecule has 0 N–H and O–H groups in total. The summed E-state index contributed by atoms with van der Waals surface area (Å²) in [5.74, 6) is -1.88. The molecule has 54 heavy (non-hydrogen) atoms. The molecule has 0 amide bonds. The molecule has 8 aromatic carbocycles. The van der Waals surface area contributed by atoms with E-state index in [0.29, 0.717) is 22.5 Å². The lowest BCUT2D eigenvalue weighted by Gasteiger charge is -2.19. The van der Waals surface area contributed by atoms with Gasteiger partial charge in [0.25, 0.3) is 0 Å². The molecule has 5 heteroatoms. The van der Waals surface area contributed by atoms with Crippen LogP contribution in [0.1, 0.15) is 5.56 Å². The zero-order valence-corrected chi connectivity index (χ0v) is 28.8. The van der Waals surface area contributed by atoms with Crippen LogP contribution in [0.5, 0.6) is 0 Å². The van der Waals surface area contributed by atoms with Gasteiger partial charge in [0.2, 0.25) is 0 Å². The summed E-state index contributed by atoms with van der Waals surface area (Å²) < 4.78 is 34.9. The summed E-state index contributed by atoms with van der Waals surface area (Å²) in [5, 5.41) is 15.3. The van der Waals surface area contributed by atoms with Crippen LogP contribution < -0.4 is 0 Å². The summed E-state index contributed by atoms with van der Waals surface area (Å²) in [6, 6.07) is 59.9. The quantitative estimate of drug-likeness (QED) is 0.176. The van der Waals surface area contributed by atoms with E-state index < -0.39 is 11.6 Å². The predicted octanol–water partition coefficient (Wildman–Crippen LogP) is 13.0. The lowest BCUT2D eigenvalue weighted by molar-refractivity contribution is 0.511. The summed E-state index contributed by atoms with van der Waals surface area (Å²) >= 11 is 0. The van der Waals surface area contributed by atoms with Crippen molar-refractivity contribution in [2.45, 2.75) is 0 Å². The summed E-state index contributed by atoms with van der Waals surface area (Å²) in [7, 11) is 0. The van der Waals surface area contributed by atoms with Gasteiger partial charge < -0.3 is 9.13 Å². The van der Waals surface area contributed by atoms with Gasteiger partial charge in [0, 0.05) is 27.1 Å². The number of aromatic nitrogens is 2. The Morgan fingerprint density at radius 2 is 0.852 bits per heavy atom. The Kier molecular flexibility index (Phi) is 7.24. The number of hydrogen-bond acceptors (Lipinski definition) is 1. The third kappa shape index (κ3) is 4.85. The average molecular weight is 698 g/mol. The normalized spacial score (nSPS) is 11.5. The maximum atomic E-state index is 15.8. The third-order valence-electron chi connectivity index (χ3n) is 10.5. The molecule has 0 aliphatic rings. The Hall–Kier alpha value is -7.29. The summed E-state index contributed by atoms with van der Waals surface area (Å²) in [6.07, 6.45) is 0. The Morgan fingerprint density at radius 1 is 0.389 bits per heavy atom. The molecule has 2 aromatic heterocycles. The second kappa shape index (κ2) is 12.4. The zero-order chi connectivity index (χ0) is 36.3. The van der Waals surface area contributed by atoms with Crippen molar-refractivity contribution < 1.29 is 8.78 Å². The lowest BCUT2D eigenvalue weighted by atomic mass is 9.99. The SMILES string of the molecule is N#Cc1c(-n2c3ccccc3c3cc(-c4ccccc4)ccc32)cc(-c2cccc(F)c2F)cc1-n1c2ccccc2c2cc(-c3ccccc3)ccc21. The second-order valence-corrected chi connectivity index (χ2v) is 13.5. The van der Waals surface area contributed by atoms with Gasteiger partial charge in [-0.05, 0) is 82.4 Å². The summed E-state index contributed by atoms with van der Waals surface area (Å²) in [4.78, 5) is 0. The fraction of sp³-hybridized carbons (Fsp3) is 0. The van der Waals surface area contributed by atoms with Crippen LogP contribution in [0, 0.1) is 23.0 Å². The Balaban J connectivity index is 1.32. The molecule has 0 aliphatic heterocycles. The fourth-order valence-electron chi connectivity index (χ4n) is 8.05. The molecule has 10 rings (SSSR count). The maximum Gasteiger partial charge on any atom is 0.166 e. The van der Waals surface area contributed by atoms with E-state index in [1.165, 1.54) is 6.07 Å². The van der Waals surface area contributed by atoms with E-state index in [1.807, 2.05) is 84.9 Å². The Morgan fingerprint density at radius 3 is 1.35 bits per heavy atom. The smallest absolute Gasteiger partial charge is 0.166 e. The first-order chi connectivity index (χ1) is 26.6. The van der Waals surface area contributed by atoms with Crippen LogP contribution in [0.3, 0.4) is 0 Å². The van der Waals surface area contributed by atoms with Crippen molar-refractivity contribution in [3.63, 3.8) is 0 Å². The highest BCUT2D eigenvalue weighted by molar-refractivity contribution is 6.12. The van der Waals surface area contributed by atoms with Crippen molar-refractivity contribution >= 4 is 43.6 Å². The van der Waals surface area contributed by atoms with Crippen LogP contribution in [0.2, 0.25) is 0 Å². The molecule has 254 valence electrons. The van der Waals surface area contributed by atoms with Crippen LogP contribution in [-0.2, 0) is 0 Å². The molecular formula is C49H29F2N3. The monoisotopic (exact) mass is 697 g/mol. The van der Waals surface area contributed by atoms with Gasteiger partial charge in [-0.15, -0.1) is 0 Å². The highest BCUT2D eigenvalue weighted by Crippen LogP contribution is 2.42. The van der Waals surface area contributed by atoms with E-state index in [2.05, 4.69) is 88.0 Å². The fourth-order valence-corrected chi connectivity index (χ4v) is 8.05. The first-order valence-corrected chi connectivity index (χ1v) is 17.8. The first kappa shape index (κ1) is 31.4. The molecule has 0 radical (unpaired) electrons. The first-order valence-electron chi connectivity index (χ1n) is 17.8. The molecule has 0 saturated carbocycles. The minimum atomic E-state index is -0.941. The van der Waals surface area contributed by atoms with Crippen LogP contribution in [0.25, 0.3) is 88.4 Å². The highest BCUT2D eigenvalue weighted by Gasteiger charge is 2.24. The molecular weight excluding hydrogens is 669 g/mol. The number of rotatable bonds is 5. The van der Waals surface area contributed by atoms with Gasteiger partial charge in [0.05, 0.1) is 33.4 Å². The van der Waals surface area contributed by atoms with E-state index in [0.717, 1.165) is 71.9 Å². The number of nitriles is 1. The number of benzene rings is 8. The molecule has 0 spiro atoms. The van der Waals surface area contributed by atoms with Crippen LogP contribution in [0.4, 0.5) is 8.78 Å². The van der Waals surface area contributed by atoms with Gasteiger partial charge in [-0.2, -0.15) is 5.26 Å². The molecule has 0 unspecified atom stereocenters. The van der Waals surface area contributed by atoms with Gasteiger partial charge >= 0.3 is 0 Å². The molecule has 0 bridgehead atoms. The van der Waals surface area contributed by atoms with Crippen molar-refractivity contribution in [3.8, 4) is 50.8 Å². The number of fused-ring (bicyclic) bond motifs is 6. The molecule has 3 nitrogen and oxygen atoms in total. The average Bonchev–Trinajstić information content (AvgIpc) is 3.74. The molecule has 0 saturated heterocycles. The predicted molar refractivity (Wildman–Crippen MR) is 216 cm³/mol. The van der Waals surface area contributed by atoms with Gasteiger partial charge in [-0.1, -0.05) is 121 Å².